The molecule has 0 radical (unpaired) electrons. The number of phenols is 2. The molecule has 4 aromatic heterocycles. The van der Waals surface area contributed by atoms with Crippen molar-refractivity contribution in [2.24, 2.45) is 0 Å². The summed E-state index contributed by atoms with van der Waals surface area (Å²) in [4.78, 5) is 19.0. The number of aromatic hydroxyl groups is 2. The molecule has 6 heteroatoms. The monoisotopic (exact) mass is 606 g/mol. The molecule has 0 bridgehead atoms. The first-order valence-corrected chi connectivity index (χ1v) is 15.4. The highest BCUT2D eigenvalue weighted by Crippen LogP contribution is 2.43. The number of hydrogen-bond acceptors (Lipinski definition) is 6. The summed E-state index contributed by atoms with van der Waals surface area (Å²) in [6, 6.07) is 30.8. The van der Waals surface area contributed by atoms with Crippen molar-refractivity contribution in [1.29, 1.82) is 0 Å². The highest BCUT2D eigenvalue weighted by Gasteiger charge is 2.23. The number of hydrogen-bond donors (Lipinski definition) is 2. The fraction of sp³-hybridized carbons (Fsp3) is 0.200. The van der Waals surface area contributed by atoms with Crippen molar-refractivity contribution < 1.29 is 10.2 Å². The molecule has 0 atom stereocenters. The van der Waals surface area contributed by atoms with Gasteiger partial charge < -0.3 is 10.2 Å². The SMILES string of the molecule is CC(C)(C)c1cc(-c2ccccn2)c(O)c(-c2cccc(-c3cccc(-c4cc(C(C)(C)C)cc(-c5ccccn5)c4O)n3)n2)c1. The van der Waals surface area contributed by atoms with Gasteiger partial charge in [0.2, 0.25) is 0 Å². The molecule has 46 heavy (non-hydrogen) atoms. The zero-order chi connectivity index (χ0) is 32.6. The van der Waals surface area contributed by atoms with E-state index in [-0.39, 0.29) is 22.3 Å². The van der Waals surface area contributed by atoms with E-state index in [0.717, 1.165) is 11.1 Å². The molecule has 4 heterocycles. The minimum absolute atomic E-state index is 0.129. The average molecular weight is 607 g/mol. The van der Waals surface area contributed by atoms with E-state index in [2.05, 4.69) is 51.5 Å². The number of benzene rings is 2. The van der Waals surface area contributed by atoms with Crippen molar-refractivity contribution in [3.8, 4) is 67.9 Å². The lowest BCUT2D eigenvalue weighted by atomic mass is 9.83. The van der Waals surface area contributed by atoms with Crippen molar-refractivity contribution in [2.75, 3.05) is 0 Å². The van der Waals surface area contributed by atoms with Gasteiger partial charge in [-0.3, -0.25) is 9.97 Å². The van der Waals surface area contributed by atoms with E-state index in [1.54, 1.807) is 12.4 Å². The van der Waals surface area contributed by atoms with E-state index in [9.17, 15) is 10.2 Å². The summed E-state index contributed by atoms with van der Waals surface area (Å²) in [5, 5.41) is 23.1. The smallest absolute Gasteiger partial charge is 0.134 e. The minimum atomic E-state index is -0.169. The summed E-state index contributed by atoms with van der Waals surface area (Å²) in [6.07, 6.45) is 3.45. The first-order valence-electron chi connectivity index (χ1n) is 15.4. The maximum absolute atomic E-state index is 11.6. The van der Waals surface area contributed by atoms with Crippen molar-refractivity contribution in [3.63, 3.8) is 0 Å². The lowest BCUT2D eigenvalue weighted by molar-refractivity contribution is 0.477. The molecule has 230 valence electrons. The van der Waals surface area contributed by atoms with Gasteiger partial charge in [-0.05, 0) is 94.8 Å². The molecule has 0 unspecified atom stereocenters. The molecular formula is C40H38N4O2. The van der Waals surface area contributed by atoms with Gasteiger partial charge in [0.1, 0.15) is 11.5 Å². The van der Waals surface area contributed by atoms with E-state index in [1.807, 2.05) is 97.1 Å². The molecule has 0 aliphatic heterocycles. The lowest BCUT2D eigenvalue weighted by Crippen LogP contribution is -2.11. The summed E-state index contributed by atoms with van der Waals surface area (Å²) in [7, 11) is 0. The Bertz CT molecular complexity index is 1880. The number of phenolic OH excluding ortho intramolecular Hbond substituents is 2. The van der Waals surface area contributed by atoms with E-state index < -0.39 is 0 Å². The van der Waals surface area contributed by atoms with Gasteiger partial charge in [-0.2, -0.15) is 0 Å². The average Bonchev–Trinajstić information content (AvgIpc) is 3.05. The van der Waals surface area contributed by atoms with Gasteiger partial charge in [0.05, 0.1) is 34.2 Å². The molecule has 0 amide bonds. The molecule has 2 aromatic carbocycles. The number of nitrogens with zero attached hydrogens (tertiary/aromatic N) is 4. The minimum Gasteiger partial charge on any atom is -0.507 e. The van der Waals surface area contributed by atoms with Crippen molar-refractivity contribution in [2.45, 2.75) is 52.4 Å². The van der Waals surface area contributed by atoms with Gasteiger partial charge in [0.15, 0.2) is 0 Å². The Kier molecular flexibility index (Phi) is 7.90. The van der Waals surface area contributed by atoms with Crippen LogP contribution in [0, 0.1) is 0 Å². The second-order valence-electron chi connectivity index (χ2n) is 13.6. The molecule has 0 spiro atoms. The summed E-state index contributed by atoms with van der Waals surface area (Å²) in [5.41, 5.74) is 8.30. The van der Waals surface area contributed by atoms with Crippen LogP contribution < -0.4 is 0 Å². The Morgan fingerprint density at radius 3 is 1.07 bits per heavy atom. The molecular weight excluding hydrogens is 568 g/mol. The van der Waals surface area contributed by atoms with Crippen LogP contribution in [0.3, 0.4) is 0 Å². The Morgan fingerprint density at radius 1 is 0.413 bits per heavy atom. The molecule has 6 rings (SSSR count). The van der Waals surface area contributed by atoms with Crippen molar-refractivity contribution in [3.05, 3.63) is 121 Å². The van der Waals surface area contributed by atoms with Crippen LogP contribution in [0.1, 0.15) is 52.7 Å². The molecule has 0 fully saturated rings. The molecule has 2 N–H and O–H groups in total. The number of aromatic nitrogens is 4. The van der Waals surface area contributed by atoms with Crippen LogP contribution >= 0.6 is 0 Å². The van der Waals surface area contributed by atoms with Crippen LogP contribution in [-0.2, 0) is 10.8 Å². The van der Waals surface area contributed by atoms with Crippen molar-refractivity contribution in [1.82, 2.24) is 19.9 Å². The van der Waals surface area contributed by atoms with Crippen LogP contribution in [0.5, 0.6) is 11.5 Å². The van der Waals surface area contributed by atoms with Crippen molar-refractivity contribution >= 4 is 0 Å². The van der Waals surface area contributed by atoms with Gasteiger partial charge in [-0.25, -0.2) is 9.97 Å². The first-order chi connectivity index (χ1) is 21.9. The molecule has 0 saturated carbocycles. The van der Waals surface area contributed by atoms with E-state index in [0.29, 0.717) is 56.4 Å². The van der Waals surface area contributed by atoms with Gasteiger partial charge in [-0.15, -0.1) is 0 Å². The molecule has 0 aliphatic carbocycles. The Morgan fingerprint density at radius 2 is 0.739 bits per heavy atom. The van der Waals surface area contributed by atoms with Crippen LogP contribution in [0.2, 0.25) is 0 Å². The number of rotatable bonds is 5. The second kappa shape index (κ2) is 11.9. The molecule has 0 saturated heterocycles. The lowest BCUT2D eigenvalue weighted by Gasteiger charge is -2.22. The summed E-state index contributed by atoms with van der Waals surface area (Å²) in [6.45, 7) is 12.9. The zero-order valence-corrected chi connectivity index (χ0v) is 27.1. The largest absolute Gasteiger partial charge is 0.507 e. The van der Waals surface area contributed by atoms with Crippen LogP contribution in [0.4, 0.5) is 0 Å². The van der Waals surface area contributed by atoms with Gasteiger partial charge in [0, 0.05) is 34.6 Å². The third kappa shape index (κ3) is 6.11. The maximum Gasteiger partial charge on any atom is 0.134 e. The number of pyridine rings is 4. The van der Waals surface area contributed by atoms with Gasteiger partial charge >= 0.3 is 0 Å². The normalized spacial score (nSPS) is 11.9. The second-order valence-corrected chi connectivity index (χ2v) is 13.6. The quantitative estimate of drug-likeness (QED) is 0.203. The highest BCUT2D eigenvalue weighted by atomic mass is 16.3. The predicted molar refractivity (Wildman–Crippen MR) is 186 cm³/mol. The van der Waals surface area contributed by atoms with E-state index >= 15 is 0 Å². The summed E-state index contributed by atoms with van der Waals surface area (Å²) < 4.78 is 0. The zero-order valence-electron chi connectivity index (χ0n) is 27.1. The fourth-order valence-electron chi connectivity index (χ4n) is 5.41. The standard InChI is InChI=1S/C40H38N4O2/c1-39(2,3)25-21-27(31-13-7-9-19-41-31)37(45)29(23-25)33-15-11-17-35(43-33)36-18-12-16-34(44-36)30-24-26(40(4,5)6)22-28(38(30)46)32-14-8-10-20-42-32/h7-24,45-46H,1-6H3. The topological polar surface area (TPSA) is 92.0 Å². The Balaban J connectivity index is 1.47. The first kappa shape index (κ1) is 30.7. The van der Waals surface area contributed by atoms with E-state index in [4.69, 9.17) is 9.97 Å². The van der Waals surface area contributed by atoms with Crippen LogP contribution in [-0.4, -0.2) is 30.1 Å². The fourth-order valence-corrected chi connectivity index (χ4v) is 5.41. The third-order valence-electron chi connectivity index (χ3n) is 8.15. The van der Waals surface area contributed by atoms with Gasteiger partial charge in [-0.1, -0.05) is 65.8 Å². The van der Waals surface area contributed by atoms with Gasteiger partial charge in [0.25, 0.3) is 0 Å². The Hall–Kier alpha value is -5.36. The van der Waals surface area contributed by atoms with Crippen LogP contribution in [0.15, 0.2) is 109 Å². The molecule has 6 aromatic rings. The molecule has 0 aliphatic rings. The summed E-state index contributed by atoms with van der Waals surface area (Å²) >= 11 is 0. The predicted octanol–water partition coefficient (Wildman–Crippen LogP) is 9.61. The maximum atomic E-state index is 11.6. The molecule has 6 nitrogen and oxygen atoms in total. The van der Waals surface area contributed by atoms with Crippen LogP contribution in [0.25, 0.3) is 56.4 Å². The summed E-state index contributed by atoms with van der Waals surface area (Å²) in [5.74, 6) is 0.257. The van der Waals surface area contributed by atoms with E-state index in [1.165, 1.54) is 0 Å². The highest BCUT2D eigenvalue weighted by molar-refractivity contribution is 5.83. The Labute approximate surface area is 270 Å². The third-order valence-corrected chi connectivity index (χ3v) is 8.15.